The summed E-state index contributed by atoms with van der Waals surface area (Å²) in [6.07, 6.45) is 2.61. The maximum absolute atomic E-state index is 11.1. The average molecular weight is 234 g/mol. The van der Waals surface area contributed by atoms with E-state index in [-0.39, 0.29) is 11.8 Å². The number of anilines is 1. The summed E-state index contributed by atoms with van der Waals surface area (Å²) >= 11 is 0. The van der Waals surface area contributed by atoms with E-state index in [2.05, 4.69) is 9.88 Å². The summed E-state index contributed by atoms with van der Waals surface area (Å²) in [5.41, 5.74) is 13.0. The van der Waals surface area contributed by atoms with Gasteiger partial charge < -0.3 is 16.4 Å². The van der Waals surface area contributed by atoms with Gasteiger partial charge in [-0.3, -0.25) is 4.79 Å². The molecule has 0 aliphatic carbocycles. The SMILES string of the molecule is Cc1cc(CN)cnc1N1CCC(C(N)=O)C1. The number of amides is 1. The first-order valence-electron chi connectivity index (χ1n) is 5.81. The highest BCUT2D eigenvalue weighted by molar-refractivity contribution is 5.78. The normalized spacial score (nSPS) is 19.6. The second-order valence-electron chi connectivity index (χ2n) is 4.52. The van der Waals surface area contributed by atoms with Crippen LogP contribution >= 0.6 is 0 Å². The van der Waals surface area contributed by atoms with E-state index < -0.39 is 0 Å². The molecule has 0 bridgehead atoms. The van der Waals surface area contributed by atoms with E-state index in [0.29, 0.717) is 13.1 Å². The first-order chi connectivity index (χ1) is 8.11. The third-order valence-corrected chi connectivity index (χ3v) is 3.23. The molecule has 0 aromatic carbocycles. The molecule has 0 saturated carbocycles. The van der Waals surface area contributed by atoms with Gasteiger partial charge in [0.1, 0.15) is 5.82 Å². The highest BCUT2D eigenvalue weighted by Crippen LogP contribution is 2.25. The first kappa shape index (κ1) is 11.9. The summed E-state index contributed by atoms with van der Waals surface area (Å²) in [5, 5.41) is 0. The third-order valence-electron chi connectivity index (χ3n) is 3.23. The number of pyridine rings is 1. The van der Waals surface area contributed by atoms with Gasteiger partial charge in [0.05, 0.1) is 5.92 Å². The van der Waals surface area contributed by atoms with Crippen LogP contribution in [-0.4, -0.2) is 24.0 Å². The molecule has 2 heterocycles. The van der Waals surface area contributed by atoms with E-state index in [4.69, 9.17) is 11.5 Å². The van der Waals surface area contributed by atoms with Crippen LogP contribution in [0.5, 0.6) is 0 Å². The largest absolute Gasteiger partial charge is 0.369 e. The Morgan fingerprint density at radius 3 is 2.94 bits per heavy atom. The van der Waals surface area contributed by atoms with E-state index in [0.717, 1.165) is 29.9 Å². The molecule has 1 aromatic heterocycles. The monoisotopic (exact) mass is 234 g/mol. The minimum atomic E-state index is -0.219. The summed E-state index contributed by atoms with van der Waals surface area (Å²) in [6, 6.07) is 2.04. The number of carbonyl (C=O) groups is 1. The quantitative estimate of drug-likeness (QED) is 0.780. The maximum Gasteiger partial charge on any atom is 0.222 e. The smallest absolute Gasteiger partial charge is 0.222 e. The number of carbonyl (C=O) groups excluding carboxylic acids is 1. The lowest BCUT2D eigenvalue weighted by molar-refractivity contribution is -0.121. The number of primary amides is 1. The van der Waals surface area contributed by atoms with Gasteiger partial charge in [-0.05, 0) is 30.5 Å². The Balaban J connectivity index is 2.16. The minimum absolute atomic E-state index is 0.0506. The predicted molar refractivity (Wildman–Crippen MR) is 66.4 cm³/mol. The topological polar surface area (TPSA) is 85.2 Å². The lowest BCUT2D eigenvalue weighted by Crippen LogP contribution is -2.28. The van der Waals surface area contributed by atoms with E-state index in [9.17, 15) is 4.79 Å². The fourth-order valence-corrected chi connectivity index (χ4v) is 2.25. The molecular weight excluding hydrogens is 216 g/mol. The van der Waals surface area contributed by atoms with Gasteiger partial charge in [-0.1, -0.05) is 0 Å². The molecule has 1 amide bonds. The summed E-state index contributed by atoms with van der Waals surface area (Å²) in [5.74, 6) is 0.667. The van der Waals surface area contributed by atoms with Crippen LogP contribution in [0.2, 0.25) is 0 Å². The highest BCUT2D eigenvalue weighted by Gasteiger charge is 2.27. The zero-order chi connectivity index (χ0) is 12.4. The molecule has 0 spiro atoms. The Morgan fingerprint density at radius 1 is 1.65 bits per heavy atom. The van der Waals surface area contributed by atoms with Crippen molar-refractivity contribution in [1.82, 2.24) is 4.98 Å². The molecule has 1 fully saturated rings. The van der Waals surface area contributed by atoms with Crippen molar-refractivity contribution in [1.29, 1.82) is 0 Å². The Morgan fingerprint density at radius 2 is 2.41 bits per heavy atom. The van der Waals surface area contributed by atoms with E-state index >= 15 is 0 Å². The number of aromatic nitrogens is 1. The Hall–Kier alpha value is -1.62. The summed E-state index contributed by atoms with van der Waals surface area (Å²) in [6.45, 7) is 4.02. The Labute approximate surface area is 101 Å². The summed E-state index contributed by atoms with van der Waals surface area (Å²) < 4.78 is 0. The van der Waals surface area contributed by atoms with E-state index in [1.807, 2.05) is 13.0 Å². The minimum Gasteiger partial charge on any atom is -0.369 e. The molecule has 5 nitrogen and oxygen atoms in total. The van der Waals surface area contributed by atoms with Gasteiger partial charge in [-0.2, -0.15) is 0 Å². The Bertz CT molecular complexity index is 433. The molecule has 1 saturated heterocycles. The van der Waals surface area contributed by atoms with E-state index in [1.165, 1.54) is 0 Å². The van der Waals surface area contributed by atoms with Gasteiger partial charge in [0.15, 0.2) is 0 Å². The molecule has 92 valence electrons. The average Bonchev–Trinajstić information content (AvgIpc) is 2.78. The van der Waals surface area contributed by atoms with Crippen LogP contribution in [0.15, 0.2) is 12.3 Å². The van der Waals surface area contributed by atoms with Crippen LogP contribution in [0.3, 0.4) is 0 Å². The maximum atomic E-state index is 11.1. The fourth-order valence-electron chi connectivity index (χ4n) is 2.25. The molecule has 1 aromatic rings. The van der Waals surface area contributed by atoms with Crippen molar-refractivity contribution in [2.24, 2.45) is 17.4 Å². The van der Waals surface area contributed by atoms with Gasteiger partial charge in [0.25, 0.3) is 0 Å². The van der Waals surface area contributed by atoms with Gasteiger partial charge >= 0.3 is 0 Å². The molecule has 1 atom stereocenters. The fraction of sp³-hybridized carbons (Fsp3) is 0.500. The lowest BCUT2D eigenvalue weighted by Gasteiger charge is -2.19. The van der Waals surface area contributed by atoms with Crippen molar-refractivity contribution < 1.29 is 4.79 Å². The number of hydrogen-bond donors (Lipinski definition) is 2. The number of rotatable bonds is 3. The van der Waals surface area contributed by atoms with Gasteiger partial charge in [0, 0.05) is 25.8 Å². The first-order valence-corrected chi connectivity index (χ1v) is 5.81. The molecular formula is C12H18N4O. The third kappa shape index (κ3) is 2.39. The van der Waals surface area contributed by atoms with E-state index in [1.54, 1.807) is 6.20 Å². The molecule has 4 N–H and O–H groups in total. The van der Waals surface area contributed by atoms with Crippen LogP contribution in [0.25, 0.3) is 0 Å². The molecule has 1 aliphatic heterocycles. The lowest BCUT2D eigenvalue weighted by atomic mass is 10.1. The van der Waals surface area contributed by atoms with Crippen molar-refractivity contribution in [3.8, 4) is 0 Å². The molecule has 5 heteroatoms. The van der Waals surface area contributed by atoms with Gasteiger partial charge in [0.2, 0.25) is 5.91 Å². The van der Waals surface area contributed by atoms with Gasteiger partial charge in [-0.25, -0.2) is 4.98 Å². The molecule has 1 aliphatic rings. The van der Waals surface area contributed by atoms with Crippen molar-refractivity contribution in [3.63, 3.8) is 0 Å². The van der Waals surface area contributed by atoms with Crippen molar-refractivity contribution in [3.05, 3.63) is 23.4 Å². The zero-order valence-corrected chi connectivity index (χ0v) is 10.0. The number of hydrogen-bond acceptors (Lipinski definition) is 4. The highest BCUT2D eigenvalue weighted by atomic mass is 16.1. The van der Waals surface area contributed by atoms with Crippen molar-refractivity contribution in [2.75, 3.05) is 18.0 Å². The second-order valence-corrected chi connectivity index (χ2v) is 4.52. The van der Waals surface area contributed by atoms with Crippen LogP contribution in [0.4, 0.5) is 5.82 Å². The molecule has 0 radical (unpaired) electrons. The number of nitrogens with two attached hydrogens (primary N) is 2. The summed E-state index contributed by atoms with van der Waals surface area (Å²) in [4.78, 5) is 17.7. The molecule has 17 heavy (non-hydrogen) atoms. The number of aryl methyl sites for hydroxylation is 1. The van der Waals surface area contributed by atoms with Crippen LogP contribution in [0.1, 0.15) is 17.5 Å². The Kier molecular flexibility index (Phi) is 3.28. The van der Waals surface area contributed by atoms with Crippen molar-refractivity contribution >= 4 is 11.7 Å². The molecule has 2 rings (SSSR count). The second kappa shape index (κ2) is 4.71. The predicted octanol–water partition coefficient (Wildman–Crippen LogP) is 0.160. The standard InChI is InChI=1S/C12H18N4O/c1-8-4-9(5-13)6-15-12(8)16-3-2-10(7-16)11(14)17/h4,6,10H,2-3,5,7,13H2,1H3,(H2,14,17). The van der Waals surface area contributed by atoms with Crippen LogP contribution in [-0.2, 0) is 11.3 Å². The number of nitrogens with zero attached hydrogens (tertiary/aromatic N) is 2. The van der Waals surface area contributed by atoms with Crippen LogP contribution in [0, 0.1) is 12.8 Å². The summed E-state index contributed by atoms with van der Waals surface area (Å²) in [7, 11) is 0. The van der Waals surface area contributed by atoms with Gasteiger partial charge in [-0.15, -0.1) is 0 Å². The van der Waals surface area contributed by atoms with Crippen LogP contribution < -0.4 is 16.4 Å². The molecule has 1 unspecified atom stereocenters. The zero-order valence-electron chi connectivity index (χ0n) is 10.0. The van der Waals surface area contributed by atoms with Crippen molar-refractivity contribution in [2.45, 2.75) is 19.9 Å².